The van der Waals surface area contributed by atoms with Gasteiger partial charge in [-0.3, -0.25) is 0 Å². The van der Waals surface area contributed by atoms with E-state index in [1.165, 1.54) is 24.8 Å². The molecular formula is C26H34Hf. The van der Waals surface area contributed by atoms with E-state index in [1.54, 1.807) is 39.0 Å². The monoisotopic (exact) mass is 526 g/mol. The van der Waals surface area contributed by atoms with Crippen LogP contribution in [0.25, 0.3) is 6.08 Å². The maximum absolute atomic E-state index is 2.63. The molecule has 4 rings (SSSR count). The van der Waals surface area contributed by atoms with Crippen LogP contribution in [0.5, 0.6) is 0 Å². The van der Waals surface area contributed by atoms with Crippen LogP contribution in [-0.4, -0.2) is 0 Å². The standard InChI is InChI=1S/C16H19.C10H15.Hf/c1-4-11-5-6-12-7-13-9-16(2,3)10-14(13)8-15(11)12;1-6-7(2)9(4)10(5)8(6)3;/h5-8H,4,9-10H2,1-3H3;1-5H3;. The minimum atomic E-state index is -1.11. The molecule has 0 N–H and O–H groups in total. The van der Waals surface area contributed by atoms with E-state index in [9.17, 15) is 0 Å². The molecule has 0 fully saturated rings. The summed E-state index contributed by atoms with van der Waals surface area (Å²) in [6.07, 6.45) is 8.83. The van der Waals surface area contributed by atoms with Gasteiger partial charge in [0.2, 0.25) is 0 Å². The fraction of sp³-hybridized carbons (Fsp3) is 0.538. The van der Waals surface area contributed by atoms with Gasteiger partial charge in [-0.15, -0.1) is 0 Å². The van der Waals surface area contributed by atoms with Gasteiger partial charge in [0.15, 0.2) is 0 Å². The Morgan fingerprint density at radius 1 is 0.889 bits per heavy atom. The number of allylic oxidation sites excluding steroid dienone is 5. The summed E-state index contributed by atoms with van der Waals surface area (Å²) < 4.78 is 0.730. The van der Waals surface area contributed by atoms with Crippen molar-refractivity contribution >= 4 is 6.08 Å². The van der Waals surface area contributed by atoms with Gasteiger partial charge in [0, 0.05) is 0 Å². The summed E-state index contributed by atoms with van der Waals surface area (Å²) in [5, 5.41) is 0. The normalized spacial score (nSPS) is 27.4. The molecule has 1 aromatic rings. The summed E-state index contributed by atoms with van der Waals surface area (Å²) in [5.74, 6) is 0. The van der Waals surface area contributed by atoms with Crippen molar-refractivity contribution in [2.75, 3.05) is 0 Å². The van der Waals surface area contributed by atoms with Crippen molar-refractivity contribution in [3.05, 3.63) is 62.8 Å². The van der Waals surface area contributed by atoms with Crippen LogP contribution in [-0.2, 0) is 38.9 Å². The number of hydrogen-bond donors (Lipinski definition) is 0. The third-order valence-electron chi connectivity index (χ3n) is 7.96. The molecule has 3 aliphatic carbocycles. The molecule has 1 aromatic carbocycles. The van der Waals surface area contributed by atoms with Crippen LogP contribution in [0.4, 0.5) is 0 Å². The molecule has 0 saturated carbocycles. The third-order valence-corrected chi connectivity index (χ3v) is 16.9. The predicted molar refractivity (Wildman–Crippen MR) is 114 cm³/mol. The van der Waals surface area contributed by atoms with Crippen LogP contribution in [0.3, 0.4) is 0 Å². The van der Waals surface area contributed by atoms with E-state index in [-0.39, 0.29) is 0 Å². The molecule has 0 spiro atoms. The average molecular weight is 525 g/mol. The summed E-state index contributed by atoms with van der Waals surface area (Å²) in [5.41, 5.74) is 13.3. The molecule has 27 heavy (non-hydrogen) atoms. The van der Waals surface area contributed by atoms with Crippen molar-refractivity contribution in [2.24, 2.45) is 5.41 Å². The van der Waals surface area contributed by atoms with Crippen LogP contribution in [0.1, 0.15) is 84.1 Å². The van der Waals surface area contributed by atoms with Crippen LogP contribution in [0, 0.1) is 5.41 Å². The Morgan fingerprint density at radius 2 is 1.44 bits per heavy atom. The van der Waals surface area contributed by atoms with Gasteiger partial charge in [0.1, 0.15) is 0 Å². The molecule has 1 atom stereocenters. The summed E-state index contributed by atoms with van der Waals surface area (Å²) in [4.78, 5) is 0. The molecule has 0 amide bonds. The minimum absolute atomic E-state index is 0.360. The molecule has 142 valence electrons. The topological polar surface area (TPSA) is 0 Å². The second-order valence-corrected chi connectivity index (χ2v) is 17.8. The molecule has 3 aliphatic rings. The first kappa shape index (κ1) is 19.6. The average Bonchev–Trinajstić information content (AvgIpc) is 3.15. The van der Waals surface area contributed by atoms with Gasteiger partial charge in [-0.25, -0.2) is 0 Å². The van der Waals surface area contributed by atoms with Crippen molar-refractivity contribution in [3.63, 3.8) is 0 Å². The Morgan fingerprint density at radius 3 is 2.00 bits per heavy atom. The molecule has 0 nitrogen and oxygen atoms in total. The van der Waals surface area contributed by atoms with Gasteiger partial charge in [0.05, 0.1) is 0 Å². The Balaban J connectivity index is 1.79. The number of benzene rings is 1. The van der Waals surface area contributed by atoms with Crippen LogP contribution < -0.4 is 0 Å². The predicted octanol–water partition coefficient (Wildman–Crippen LogP) is 7.39. The van der Waals surface area contributed by atoms with Crippen molar-refractivity contribution in [1.29, 1.82) is 0 Å². The fourth-order valence-electron chi connectivity index (χ4n) is 5.71. The van der Waals surface area contributed by atoms with E-state index < -0.39 is 22.9 Å². The van der Waals surface area contributed by atoms with E-state index in [0.29, 0.717) is 11.8 Å². The van der Waals surface area contributed by atoms with Gasteiger partial charge in [-0.2, -0.15) is 0 Å². The Hall–Kier alpha value is -0.690. The molecule has 0 aliphatic heterocycles. The zero-order valence-corrected chi connectivity index (χ0v) is 22.0. The van der Waals surface area contributed by atoms with E-state index in [1.807, 2.05) is 0 Å². The summed E-state index contributed by atoms with van der Waals surface area (Å²) in [6, 6.07) is 5.17. The van der Waals surface area contributed by atoms with Crippen molar-refractivity contribution < 1.29 is 22.9 Å². The van der Waals surface area contributed by atoms with Gasteiger partial charge >= 0.3 is 178 Å². The van der Waals surface area contributed by atoms with Gasteiger partial charge in [0.25, 0.3) is 0 Å². The molecule has 0 aromatic heterocycles. The van der Waals surface area contributed by atoms with Gasteiger partial charge in [-0.05, 0) is 0 Å². The van der Waals surface area contributed by atoms with E-state index in [0.717, 1.165) is 0 Å². The maximum atomic E-state index is 2.63. The molecule has 0 bridgehead atoms. The van der Waals surface area contributed by atoms with E-state index in [4.69, 9.17) is 0 Å². The summed E-state index contributed by atoms with van der Waals surface area (Å²) in [6.45, 7) is 19.4. The number of hydrogen-bond acceptors (Lipinski definition) is 0. The van der Waals surface area contributed by atoms with Gasteiger partial charge in [-0.1, -0.05) is 0 Å². The van der Waals surface area contributed by atoms with Crippen LogP contribution in [0.15, 0.2) is 40.5 Å². The first-order valence-electron chi connectivity index (χ1n) is 10.5. The van der Waals surface area contributed by atoms with Crippen LogP contribution >= 0.6 is 0 Å². The molecular weight excluding hydrogens is 491 g/mol. The van der Waals surface area contributed by atoms with Gasteiger partial charge < -0.3 is 0 Å². The Kier molecular flexibility index (Phi) is 4.47. The van der Waals surface area contributed by atoms with Crippen molar-refractivity contribution in [1.82, 2.24) is 0 Å². The first-order chi connectivity index (χ1) is 12.5. The zero-order valence-electron chi connectivity index (χ0n) is 18.4. The quantitative estimate of drug-likeness (QED) is 0.362. The zero-order chi connectivity index (χ0) is 19.8. The summed E-state index contributed by atoms with van der Waals surface area (Å²) >= 11 is -1.11. The van der Waals surface area contributed by atoms with E-state index in [2.05, 4.69) is 79.7 Å². The number of rotatable bonds is 3. The number of fused-ring (bicyclic) bond motifs is 2. The Bertz CT molecular complexity index is 898. The summed E-state index contributed by atoms with van der Waals surface area (Å²) in [7, 11) is 0. The molecule has 1 unspecified atom stereocenters. The van der Waals surface area contributed by atoms with Crippen molar-refractivity contribution in [3.8, 4) is 0 Å². The Labute approximate surface area is 177 Å². The van der Waals surface area contributed by atoms with E-state index >= 15 is 0 Å². The van der Waals surface area contributed by atoms with Crippen LogP contribution in [0.2, 0.25) is 3.17 Å². The SMILES string of the molecule is CC[C]1([Hf][C]2(C)C(C)=C(C)C(C)=C2C)C=Cc2cc3c(cc21)CC(C)(C)C3. The molecule has 0 heterocycles. The first-order valence-corrected chi connectivity index (χ1v) is 14.1. The second-order valence-electron chi connectivity index (χ2n) is 10.1. The molecule has 1 heteroatoms. The molecule has 0 radical (unpaired) electrons. The molecule has 0 saturated heterocycles. The van der Waals surface area contributed by atoms with Crippen molar-refractivity contribution in [2.45, 2.75) is 81.0 Å². The fourth-order valence-corrected chi connectivity index (χ4v) is 14.1. The second kappa shape index (κ2) is 6.15. The third kappa shape index (κ3) is 2.78.